The zero-order chi connectivity index (χ0) is 18.5. The molecule has 2 aromatic carbocycles. The van der Waals surface area contributed by atoms with Gasteiger partial charge in [0, 0.05) is 11.8 Å². The molecule has 26 heavy (non-hydrogen) atoms. The lowest BCUT2D eigenvalue weighted by atomic mass is 10.1. The summed E-state index contributed by atoms with van der Waals surface area (Å²) in [6.45, 7) is 4.21. The minimum absolute atomic E-state index is 0.0663. The van der Waals surface area contributed by atoms with Crippen LogP contribution in [0.5, 0.6) is 5.75 Å². The van der Waals surface area contributed by atoms with Crippen molar-refractivity contribution in [3.05, 3.63) is 93.5 Å². The van der Waals surface area contributed by atoms with E-state index in [1.165, 1.54) is 6.26 Å². The summed E-state index contributed by atoms with van der Waals surface area (Å²) in [5, 5.41) is 2.72. The van der Waals surface area contributed by atoms with Crippen LogP contribution in [-0.2, 0) is 6.61 Å². The molecule has 1 heterocycles. The lowest BCUT2D eigenvalue weighted by Crippen LogP contribution is -2.16. The van der Waals surface area contributed by atoms with Gasteiger partial charge < -0.3 is 14.5 Å². The number of anilines is 1. The van der Waals surface area contributed by atoms with Gasteiger partial charge in [-0.15, -0.1) is 0 Å². The molecule has 1 aromatic heterocycles. The number of hydrogen-bond acceptors (Lipinski definition) is 4. The maximum Gasteiger partial charge on any atom is 0.291 e. The van der Waals surface area contributed by atoms with Gasteiger partial charge in [0.25, 0.3) is 5.91 Å². The Labute approximate surface area is 151 Å². The summed E-state index contributed by atoms with van der Waals surface area (Å²) in [5.41, 5.74) is 3.37. The van der Waals surface area contributed by atoms with Crippen molar-refractivity contribution in [3.8, 4) is 5.75 Å². The van der Waals surface area contributed by atoms with E-state index in [0.29, 0.717) is 5.69 Å². The zero-order valence-corrected chi connectivity index (χ0v) is 14.6. The first kappa shape index (κ1) is 17.5. The highest BCUT2D eigenvalue weighted by Crippen LogP contribution is 2.16. The van der Waals surface area contributed by atoms with Crippen LogP contribution in [0.3, 0.4) is 0 Å². The Hall–Kier alpha value is -3.34. The fourth-order valence-corrected chi connectivity index (χ4v) is 2.37. The second kappa shape index (κ2) is 7.70. The van der Waals surface area contributed by atoms with E-state index in [1.807, 2.05) is 56.3 Å². The number of amides is 1. The molecule has 0 aliphatic carbocycles. The normalized spacial score (nSPS) is 10.4. The molecule has 3 rings (SSSR count). The van der Waals surface area contributed by atoms with Gasteiger partial charge in [0.15, 0.2) is 5.76 Å². The van der Waals surface area contributed by atoms with Crippen molar-refractivity contribution in [2.45, 2.75) is 20.5 Å². The third-order valence-corrected chi connectivity index (χ3v) is 4.02. The molecule has 0 bridgehead atoms. The van der Waals surface area contributed by atoms with Crippen molar-refractivity contribution >= 4 is 11.6 Å². The van der Waals surface area contributed by atoms with Gasteiger partial charge in [0.1, 0.15) is 12.9 Å². The van der Waals surface area contributed by atoms with E-state index in [9.17, 15) is 9.59 Å². The van der Waals surface area contributed by atoms with Crippen molar-refractivity contribution < 1.29 is 13.9 Å². The Balaban J connectivity index is 1.69. The number of ether oxygens (including phenoxy) is 1. The van der Waals surface area contributed by atoms with Gasteiger partial charge in [-0.05, 0) is 42.7 Å². The number of carbonyl (C=O) groups is 1. The van der Waals surface area contributed by atoms with Crippen LogP contribution in [0.15, 0.2) is 70.1 Å². The lowest BCUT2D eigenvalue weighted by molar-refractivity contribution is 0.0993. The summed E-state index contributed by atoms with van der Waals surface area (Å²) in [5.74, 6) is -0.489. The summed E-state index contributed by atoms with van der Waals surface area (Å²) in [6.07, 6.45) is 1.17. The molecule has 5 heteroatoms. The van der Waals surface area contributed by atoms with E-state index >= 15 is 0 Å². The van der Waals surface area contributed by atoms with E-state index < -0.39 is 11.3 Å². The van der Waals surface area contributed by atoms with Crippen LogP contribution in [0.2, 0.25) is 0 Å². The molecule has 0 fully saturated rings. The zero-order valence-electron chi connectivity index (χ0n) is 14.6. The molecule has 5 nitrogen and oxygen atoms in total. The van der Waals surface area contributed by atoms with Crippen LogP contribution < -0.4 is 15.5 Å². The van der Waals surface area contributed by atoms with Crippen LogP contribution in [0, 0.1) is 13.8 Å². The molecule has 0 saturated heterocycles. The number of rotatable bonds is 5. The molecule has 132 valence electrons. The van der Waals surface area contributed by atoms with Crippen LogP contribution in [0.4, 0.5) is 5.69 Å². The monoisotopic (exact) mass is 349 g/mol. The van der Waals surface area contributed by atoms with Gasteiger partial charge >= 0.3 is 0 Å². The third-order valence-electron chi connectivity index (χ3n) is 4.02. The molecule has 1 N–H and O–H groups in total. The second-order valence-corrected chi connectivity index (χ2v) is 6.00. The van der Waals surface area contributed by atoms with Gasteiger partial charge in [-0.25, -0.2) is 0 Å². The van der Waals surface area contributed by atoms with Gasteiger partial charge in [-0.3, -0.25) is 9.59 Å². The van der Waals surface area contributed by atoms with Crippen LogP contribution in [-0.4, -0.2) is 5.91 Å². The molecule has 0 aliphatic heterocycles. The fraction of sp³-hybridized carbons (Fsp3) is 0.143. The van der Waals surface area contributed by atoms with Gasteiger partial charge in [0.2, 0.25) is 11.2 Å². The van der Waals surface area contributed by atoms with E-state index in [-0.39, 0.29) is 18.1 Å². The first-order valence-corrected chi connectivity index (χ1v) is 8.21. The topological polar surface area (TPSA) is 68.5 Å². The van der Waals surface area contributed by atoms with Crippen molar-refractivity contribution in [1.82, 2.24) is 0 Å². The minimum atomic E-state index is -0.486. The van der Waals surface area contributed by atoms with E-state index in [1.54, 1.807) is 6.07 Å². The fourth-order valence-electron chi connectivity index (χ4n) is 2.37. The lowest BCUT2D eigenvalue weighted by Gasteiger charge is -2.08. The van der Waals surface area contributed by atoms with E-state index in [4.69, 9.17) is 9.15 Å². The number of carbonyl (C=O) groups excluding carboxylic acids is 1. The molecule has 0 radical (unpaired) electrons. The van der Waals surface area contributed by atoms with Gasteiger partial charge in [-0.2, -0.15) is 0 Å². The van der Waals surface area contributed by atoms with Crippen LogP contribution >= 0.6 is 0 Å². The molecule has 3 aromatic rings. The highest BCUT2D eigenvalue weighted by Gasteiger charge is 2.13. The number of nitrogens with one attached hydrogen (secondary N) is 1. The molecule has 0 unspecified atom stereocenters. The summed E-state index contributed by atoms with van der Waals surface area (Å²) in [7, 11) is 0. The number of hydrogen-bond donors (Lipinski definition) is 1. The standard InChI is InChI=1S/C21H19NO4/c1-14-8-9-17(10-15(14)2)22-21(24)19-11-18(23)20(13-26-19)25-12-16-6-4-3-5-7-16/h3-11,13H,12H2,1-2H3,(H,22,24). The Morgan fingerprint density at radius 2 is 1.81 bits per heavy atom. The predicted molar refractivity (Wildman–Crippen MR) is 99.6 cm³/mol. The second-order valence-electron chi connectivity index (χ2n) is 6.00. The van der Waals surface area contributed by atoms with Crippen LogP contribution in [0.25, 0.3) is 0 Å². The Kier molecular flexibility index (Phi) is 5.17. The molecule has 0 aliphatic rings. The molecule has 1 amide bonds. The first-order valence-electron chi connectivity index (χ1n) is 8.21. The summed E-state index contributed by atoms with van der Waals surface area (Å²) in [4.78, 5) is 24.4. The summed E-state index contributed by atoms with van der Waals surface area (Å²) in [6, 6.07) is 16.2. The largest absolute Gasteiger partial charge is 0.482 e. The Bertz CT molecular complexity index is 977. The summed E-state index contributed by atoms with van der Waals surface area (Å²) >= 11 is 0. The van der Waals surface area contributed by atoms with E-state index in [2.05, 4.69) is 5.32 Å². The van der Waals surface area contributed by atoms with Crippen molar-refractivity contribution in [3.63, 3.8) is 0 Å². The summed E-state index contributed by atoms with van der Waals surface area (Å²) < 4.78 is 10.7. The quantitative estimate of drug-likeness (QED) is 0.753. The number of benzene rings is 2. The molecule has 0 spiro atoms. The van der Waals surface area contributed by atoms with Crippen molar-refractivity contribution in [2.24, 2.45) is 0 Å². The Morgan fingerprint density at radius 1 is 1.04 bits per heavy atom. The minimum Gasteiger partial charge on any atom is -0.482 e. The highest BCUT2D eigenvalue weighted by molar-refractivity contribution is 6.02. The van der Waals surface area contributed by atoms with E-state index in [0.717, 1.165) is 22.8 Å². The van der Waals surface area contributed by atoms with Gasteiger partial charge in [0.05, 0.1) is 0 Å². The van der Waals surface area contributed by atoms with Crippen molar-refractivity contribution in [1.29, 1.82) is 0 Å². The van der Waals surface area contributed by atoms with Gasteiger partial charge in [-0.1, -0.05) is 36.4 Å². The average molecular weight is 349 g/mol. The predicted octanol–water partition coefficient (Wildman–Crippen LogP) is 4.09. The molecular formula is C21H19NO4. The van der Waals surface area contributed by atoms with Crippen LogP contribution in [0.1, 0.15) is 27.2 Å². The molecular weight excluding hydrogens is 330 g/mol. The SMILES string of the molecule is Cc1ccc(NC(=O)c2cc(=O)c(OCc3ccccc3)co2)cc1C. The number of aryl methyl sites for hydroxylation is 2. The smallest absolute Gasteiger partial charge is 0.291 e. The third kappa shape index (κ3) is 4.19. The maximum atomic E-state index is 12.3. The molecule has 0 saturated carbocycles. The molecule has 0 atom stereocenters. The average Bonchev–Trinajstić information content (AvgIpc) is 2.64. The first-order chi connectivity index (χ1) is 12.5. The maximum absolute atomic E-state index is 12.3. The Morgan fingerprint density at radius 3 is 2.50 bits per heavy atom. The van der Waals surface area contributed by atoms with Crippen molar-refractivity contribution in [2.75, 3.05) is 5.32 Å². The highest BCUT2D eigenvalue weighted by atomic mass is 16.5.